The molecule has 13 rings (SSSR count). The second-order valence-electron chi connectivity index (χ2n) is 14.4. The topological polar surface area (TPSA) is 8.82 Å². The van der Waals surface area contributed by atoms with Gasteiger partial charge in [0.15, 0.2) is 0 Å². The van der Waals surface area contributed by atoms with E-state index in [0.717, 1.165) is 12.8 Å². The Morgan fingerprint density at radius 1 is 0.396 bits per heavy atom. The van der Waals surface area contributed by atoms with Crippen LogP contribution in [0.2, 0.25) is 0 Å². The lowest BCUT2D eigenvalue weighted by atomic mass is 9.90. The maximum atomic E-state index is 2.63. The van der Waals surface area contributed by atoms with E-state index in [0.29, 0.717) is 0 Å². The molecule has 0 amide bonds. The molecule has 222 valence electrons. The van der Waals surface area contributed by atoms with Crippen molar-refractivity contribution in [3.05, 3.63) is 143 Å². The van der Waals surface area contributed by atoms with Gasteiger partial charge in [0.2, 0.25) is 0 Å². The Hall–Kier alpha value is -5.86. The number of hydrogen-bond donors (Lipinski definition) is 0. The Kier molecular flexibility index (Phi) is 3.96. The third kappa shape index (κ3) is 2.46. The summed E-state index contributed by atoms with van der Waals surface area (Å²) in [6.45, 7) is 4.83. The van der Waals surface area contributed by atoms with E-state index < -0.39 is 0 Å². The van der Waals surface area contributed by atoms with Crippen molar-refractivity contribution in [1.82, 2.24) is 8.80 Å². The van der Waals surface area contributed by atoms with E-state index in [4.69, 9.17) is 0 Å². The summed E-state index contributed by atoms with van der Waals surface area (Å²) in [7, 11) is 0. The molecule has 4 heterocycles. The van der Waals surface area contributed by atoms with Crippen LogP contribution in [0.15, 0.2) is 109 Å². The minimum Gasteiger partial charge on any atom is -0.308 e. The molecule has 0 N–H and O–H groups in total. The smallest absolute Gasteiger partial charge is 0.0627 e. The molecule has 0 saturated carbocycles. The van der Waals surface area contributed by atoms with Crippen molar-refractivity contribution in [3.63, 3.8) is 0 Å². The number of benzene rings is 7. The van der Waals surface area contributed by atoms with Gasteiger partial charge in [-0.1, -0.05) is 84.9 Å². The second kappa shape index (κ2) is 7.81. The largest absolute Gasteiger partial charge is 0.308 e. The fraction of sp³-hybridized carbons (Fsp3) is 0.0870. The molecule has 0 radical (unpaired) electrons. The molecular formula is C46H28N2. The van der Waals surface area contributed by atoms with E-state index in [9.17, 15) is 0 Å². The van der Waals surface area contributed by atoms with Gasteiger partial charge in [0.25, 0.3) is 0 Å². The van der Waals surface area contributed by atoms with Gasteiger partial charge < -0.3 is 8.80 Å². The lowest BCUT2D eigenvalue weighted by Gasteiger charge is -2.12. The SMILES string of the molecule is Cc1c2c3c4c(cc5c6ccccc6n(c2c(C)c2c1c1c6c(cc7c8ccccc8n2c71)Cc1ccccc1-6)c53)Cc1ccccc1-4. The molecule has 0 bridgehead atoms. The zero-order valence-corrected chi connectivity index (χ0v) is 26.7. The van der Waals surface area contributed by atoms with Crippen LogP contribution in [-0.2, 0) is 12.8 Å². The summed E-state index contributed by atoms with van der Waals surface area (Å²) in [5.41, 5.74) is 22.4. The number of aromatic nitrogens is 2. The number of rotatable bonds is 0. The standard InChI is InChI=1S/C46H28N2/c1-23-37-41-39-27(19-25-11-3-5-13-29(25)39)21-33-31-15-7-9-17-35(31)47(45(33)41)43(37)24(2)44-38(23)42-40-28(20-26-12-4-6-14-30(26)40)22-34-32-16-8-10-18-36(32)48(44)46(34)42/h3-18,21-22H,19-20H2,1-2H3. The van der Waals surface area contributed by atoms with Crippen molar-refractivity contribution in [3.8, 4) is 22.3 Å². The lowest BCUT2D eigenvalue weighted by Crippen LogP contribution is -1.92. The molecule has 0 aliphatic heterocycles. The molecule has 11 aromatic rings. The van der Waals surface area contributed by atoms with Crippen molar-refractivity contribution >= 4 is 76.2 Å². The highest BCUT2D eigenvalue weighted by molar-refractivity contribution is 6.35. The summed E-state index contributed by atoms with van der Waals surface area (Å²) in [4.78, 5) is 0. The van der Waals surface area contributed by atoms with E-state index >= 15 is 0 Å². The highest BCUT2D eigenvalue weighted by Crippen LogP contribution is 2.55. The lowest BCUT2D eigenvalue weighted by molar-refractivity contribution is 1.27. The van der Waals surface area contributed by atoms with Gasteiger partial charge in [-0.2, -0.15) is 0 Å². The van der Waals surface area contributed by atoms with Crippen molar-refractivity contribution in [2.24, 2.45) is 0 Å². The molecule has 2 nitrogen and oxygen atoms in total. The third-order valence-corrected chi connectivity index (χ3v) is 12.3. The van der Waals surface area contributed by atoms with Crippen molar-refractivity contribution in [2.45, 2.75) is 26.7 Å². The van der Waals surface area contributed by atoms with Crippen LogP contribution in [0, 0.1) is 13.8 Å². The molecule has 0 spiro atoms. The van der Waals surface area contributed by atoms with Crippen LogP contribution >= 0.6 is 0 Å². The van der Waals surface area contributed by atoms with Crippen LogP contribution in [0.5, 0.6) is 0 Å². The monoisotopic (exact) mass is 608 g/mol. The highest BCUT2D eigenvalue weighted by atomic mass is 14.9. The Morgan fingerprint density at radius 2 is 0.833 bits per heavy atom. The molecule has 7 aromatic carbocycles. The number of nitrogens with zero attached hydrogens (tertiary/aromatic N) is 2. The highest BCUT2D eigenvalue weighted by Gasteiger charge is 2.33. The summed E-state index contributed by atoms with van der Waals surface area (Å²) >= 11 is 0. The molecule has 0 atom stereocenters. The first-order valence-corrected chi connectivity index (χ1v) is 17.2. The molecular weight excluding hydrogens is 581 g/mol. The molecule has 2 heteroatoms. The van der Waals surface area contributed by atoms with Gasteiger partial charge >= 0.3 is 0 Å². The van der Waals surface area contributed by atoms with Gasteiger partial charge in [-0.15, -0.1) is 0 Å². The predicted octanol–water partition coefficient (Wildman–Crippen LogP) is 11.7. The first kappa shape index (κ1) is 24.3. The van der Waals surface area contributed by atoms with Crippen molar-refractivity contribution in [1.29, 1.82) is 0 Å². The minimum absolute atomic E-state index is 0.993. The average Bonchev–Trinajstić information content (AvgIpc) is 3.94. The minimum atomic E-state index is 0.993. The Morgan fingerprint density at radius 3 is 1.33 bits per heavy atom. The van der Waals surface area contributed by atoms with Gasteiger partial charge in [0.05, 0.1) is 33.1 Å². The number of aryl methyl sites for hydroxylation is 2. The number of para-hydroxylation sites is 2. The summed E-state index contributed by atoms with van der Waals surface area (Å²) in [6.07, 6.45) is 1.99. The van der Waals surface area contributed by atoms with Crippen molar-refractivity contribution in [2.75, 3.05) is 0 Å². The van der Waals surface area contributed by atoms with E-state index in [-0.39, 0.29) is 0 Å². The first-order valence-electron chi connectivity index (χ1n) is 17.2. The van der Waals surface area contributed by atoms with Crippen LogP contribution in [0.25, 0.3) is 98.4 Å². The zero-order chi connectivity index (χ0) is 31.2. The second-order valence-corrected chi connectivity index (χ2v) is 14.4. The van der Waals surface area contributed by atoms with Crippen LogP contribution < -0.4 is 0 Å². The molecule has 0 fully saturated rings. The molecule has 0 saturated heterocycles. The van der Waals surface area contributed by atoms with Gasteiger partial charge in [0, 0.05) is 43.1 Å². The van der Waals surface area contributed by atoms with E-state index in [2.05, 4.69) is 132 Å². The van der Waals surface area contributed by atoms with Crippen LogP contribution in [0.4, 0.5) is 0 Å². The van der Waals surface area contributed by atoms with Gasteiger partial charge in [-0.3, -0.25) is 0 Å². The fourth-order valence-electron chi connectivity index (χ4n) is 10.6. The fourth-order valence-corrected chi connectivity index (χ4v) is 10.6. The quantitative estimate of drug-likeness (QED) is 0.162. The van der Waals surface area contributed by atoms with Crippen LogP contribution in [0.1, 0.15) is 33.4 Å². The Bertz CT molecular complexity index is 3070. The molecule has 48 heavy (non-hydrogen) atoms. The predicted molar refractivity (Wildman–Crippen MR) is 202 cm³/mol. The van der Waals surface area contributed by atoms with Crippen molar-refractivity contribution < 1.29 is 0 Å². The first-order chi connectivity index (χ1) is 23.7. The Balaban J connectivity index is 1.38. The van der Waals surface area contributed by atoms with E-state index in [1.807, 2.05) is 0 Å². The molecule has 4 aromatic heterocycles. The number of fused-ring (bicyclic) bond motifs is 20. The van der Waals surface area contributed by atoms with E-state index in [1.165, 1.54) is 132 Å². The average molecular weight is 609 g/mol. The molecule has 0 unspecified atom stereocenters. The van der Waals surface area contributed by atoms with Gasteiger partial charge in [-0.25, -0.2) is 0 Å². The Labute approximate surface area is 275 Å². The summed E-state index contributed by atoms with van der Waals surface area (Å²) in [5.74, 6) is 0. The number of hydrogen-bond acceptors (Lipinski definition) is 0. The maximum absolute atomic E-state index is 2.63. The van der Waals surface area contributed by atoms with Crippen LogP contribution in [0.3, 0.4) is 0 Å². The zero-order valence-electron chi connectivity index (χ0n) is 26.7. The molecule has 2 aliphatic rings. The maximum Gasteiger partial charge on any atom is 0.0627 e. The van der Waals surface area contributed by atoms with Gasteiger partial charge in [0.1, 0.15) is 0 Å². The normalized spacial score (nSPS) is 13.9. The third-order valence-electron chi connectivity index (χ3n) is 12.3. The van der Waals surface area contributed by atoms with Crippen LogP contribution in [-0.4, -0.2) is 8.80 Å². The summed E-state index contributed by atoms with van der Waals surface area (Å²) < 4.78 is 5.26. The van der Waals surface area contributed by atoms with Gasteiger partial charge in [-0.05, 0) is 107 Å². The summed E-state index contributed by atoms with van der Waals surface area (Å²) in [5, 5.41) is 11.2. The molecule has 2 aliphatic carbocycles. The summed E-state index contributed by atoms with van der Waals surface area (Å²) in [6, 6.07) is 41.4. The van der Waals surface area contributed by atoms with E-state index in [1.54, 1.807) is 0 Å².